The highest BCUT2D eigenvalue weighted by Gasteiger charge is 2.33. The van der Waals surface area contributed by atoms with Crippen molar-refractivity contribution < 1.29 is 13.2 Å². The van der Waals surface area contributed by atoms with Crippen molar-refractivity contribution in [3.8, 4) is 0 Å². The van der Waals surface area contributed by atoms with E-state index in [4.69, 9.17) is 0 Å². The van der Waals surface area contributed by atoms with Crippen LogP contribution in [0.3, 0.4) is 0 Å². The van der Waals surface area contributed by atoms with Gasteiger partial charge in [0.05, 0.1) is 17.2 Å². The lowest BCUT2D eigenvalue weighted by atomic mass is 10.4. The van der Waals surface area contributed by atoms with Crippen LogP contribution in [-0.4, -0.2) is 33.9 Å². The number of guanidine groups is 1. The number of nitrogens with one attached hydrogen (secondary N) is 2. The van der Waals surface area contributed by atoms with E-state index >= 15 is 0 Å². The standard InChI is InChI=1S/C14H15F3N6S2.HI/c1-18-12(20-6-9-7-23-4-5-24-13(23)21-9)19-3-2-11-22-10(8-25-11)14(15,16)17;/h4-5,7-8H,2-3,6H2,1H3,(H2,18,19,20);1H. The second-order valence-electron chi connectivity index (χ2n) is 5.05. The van der Waals surface area contributed by atoms with Crippen LogP contribution in [0.2, 0.25) is 0 Å². The number of aliphatic imine (C=N–C) groups is 1. The summed E-state index contributed by atoms with van der Waals surface area (Å²) in [7, 11) is 1.63. The number of alkyl halides is 3. The molecular weight excluding hydrogens is 500 g/mol. The summed E-state index contributed by atoms with van der Waals surface area (Å²) in [5.74, 6) is 0.559. The van der Waals surface area contributed by atoms with Gasteiger partial charge in [0.2, 0.25) is 0 Å². The molecule has 142 valence electrons. The molecule has 0 aromatic carbocycles. The number of halogens is 4. The Morgan fingerprint density at radius 3 is 2.73 bits per heavy atom. The average Bonchev–Trinajstić information content (AvgIpc) is 3.25. The molecule has 6 nitrogen and oxygen atoms in total. The van der Waals surface area contributed by atoms with Crippen molar-refractivity contribution in [2.75, 3.05) is 13.6 Å². The first-order valence-electron chi connectivity index (χ1n) is 7.33. The fourth-order valence-corrected chi connectivity index (χ4v) is 3.62. The van der Waals surface area contributed by atoms with Gasteiger partial charge in [0.15, 0.2) is 16.6 Å². The number of rotatable bonds is 5. The van der Waals surface area contributed by atoms with Crippen LogP contribution in [0.4, 0.5) is 13.2 Å². The van der Waals surface area contributed by atoms with E-state index in [1.54, 1.807) is 18.4 Å². The molecule has 26 heavy (non-hydrogen) atoms. The molecule has 0 saturated heterocycles. The first-order chi connectivity index (χ1) is 12.0. The van der Waals surface area contributed by atoms with Crippen molar-refractivity contribution in [3.63, 3.8) is 0 Å². The van der Waals surface area contributed by atoms with Crippen LogP contribution in [0, 0.1) is 0 Å². The number of thiazole rings is 2. The minimum absolute atomic E-state index is 0. The molecule has 3 rings (SSSR count). The number of hydrogen-bond acceptors (Lipinski definition) is 5. The third-order valence-electron chi connectivity index (χ3n) is 3.28. The highest BCUT2D eigenvalue weighted by atomic mass is 127. The molecule has 2 N–H and O–H groups in total. The highest BCUT2D eigenvalue weighted by Crippen LogP contribution is 2.29. The lowest BCUT2D eigenvalue weighted by Crippen LogP contribution is -2.37. The zero-order valence-corrected chi connectivity index (χ0v) is 17.5. The SMILES string of the molecule is CN=C(NCCc1nc(C(F)(F)F)cs1)NCc1cn2ccsc2n1.I. The normalized spacial score (nSPS) is 12.2. The number of nitrogens with zero attached hydrogens (tertiary/aromatic N) is 4. The first-order valence-corrected chi connectivity index (χ1v) is 9.09. The van der Waals surface area contributed by atoms with Crippen LogP contribution < -0.4 is 10.6 Å². The van der Waals surface area contributed by atoms with E-state index in [-0.39, 0.29) is 24.0 Å². The third kappa shape index (κ3) is 5.30. The van der Waals surface area contributed by atoms with Crippen LogP contribution in [0.1, 0.15) is 16.4 Å². The van der Waals surface area contributed by atoms with E-state index in [0.29, 0.717) is 30.5 Å². The number of hydrogen-bond donors (Lipinski definition) is 2. The summed E-state index contributed by atoms with van der Waals surface area (Å²) in [5, 5.41) is 9.61. The quantitative estimate of drug-likeness (QED) is 0.310. The molecule has 0 aliphatic carbocycles. The second-order valence-corrected chi connectivity index (χ2v) is 6.87. The molecule has 0 aliphatic heterocycles. The van der Waals surface area contributed by atoms with E-state index in [9.17, 15) is 13.2 Å². The van der Waals surface area contributed by atoms with Crippen LogP contribution in [0.25, 0.3) is 4.96 Å². The summed E-state index contributed by atoms with van der Waals surface area (Å²) in [6.45, 7) is 0.937. The molecule has 0 atom stereocenters. The van der Waals surface area contributed by atoms with Gasteiger partial charge in [-0.25, -0.2) is 9.97 Å². The lowest BCUT2D eigenvalue weighted by Gasteiger charge is -2.10. The molecule has 0 radical (unpaired) electrons. The van der Waals surface area contributed by atoms with Gasteiger partial charge in [0, 0.05) is 43.2 Å². The maximum absolute atomic E-state index is 12.5. The number of fused-ring (bicyclic) bond motifs is 1. The molecule has 0 unspecified atom stereocenters. The maximum Gasteiger partial charge on any atom is 0.434 e. The number of imidazole rings is 1. The Kier molecular flexibility index (Phi) is 7.23. The van der Waals surface area contributed by atoms with Crippen LogP contribution in [0.5, 0.6) is 0 Å². The molecule has 0 saturated carbocycles. The van der Waals surface area contributed by atoms with Crippen LogP contribution in [-0.2, 0) is 19.1 Å². The van der Waals surface area contributed by atoms with Gasteiger partial charge in [0.1, 0.15) is 0 Å². The molecule has 0 aliphatic rings. The molecule has 0 fully saturated rings. The van der Waals surface area contributed by atoms with Gasteiger partial charge >= 0.3 is 6.18 Å². The van der Waals surface area contributed by atoms with Crippen molar-refractivity contribution in [1.82, 2.24) is 25.0 Å². The Morgan fingerprint density at radius 1 is 1.27 bits per heavy atom. The zero-order chi connectivity index (χ0) is 17.9. The van der Waals surface area contributed by atoms with Gasteiger partial charge < -0.3 is 10.6 Å². The van der Waals surface area contributed by atoms with Gasteiger partial charge in [-0.3, -0.25) is 9.39 Å². The predicted molar refractivity (Wildman–Crippen MR) is 108 cm³/mol. The van der Waals surface area contributed by atoms with Crippen molar-refractivity contribution in [3.05, 3.63) is 39.5 Å². The Hall–Kier alpha value is -1.41. The first kappa shape index (κ1) is 20.9. The van der Waals surface area contributed by atoms with E-state index in [1.807, 2.05) is 22.2 Å². The van der Waals surface area contributed by atoms with Crippen LogP contribution >= 0.6 is 46.7 Å². The topological polar surface area (TPSA) is 66.6 Å². The molecule has 0 amide bonds. The minimum atomic E-state index is -4.39. The van der Waals surface area contributed by atoms with Crippen molar-refractivity contribution in [2.45, 2.75) is 19.1 Å². The summed E-state index contributed by atoms with van der Waals surface area (Å²) in [4.78, 5) is 13.1. The third-order valence-corrected chi connectivity index (χ3v) is 4.96. The molecule has 0 spiro atoms. The zero-order valence-electron chi connectivity index (χ0n) is 13.6. The fourth-order valence-electron chi connectivity index (χ4n) is 2.10. The average molecular weight is 516 g/mol. The second kappa shape index (κ2) is 8.99. The summed E-state index contributed by atoms with van der Waals surface area (Å²) < 4.78 is 39.5. The van der Waals surface area contributed by atoms with Crippen LogP contribution in [0.15, 0.2) is 28.1 Å². The van der Waals surface area contributed by atoms with Gasteiger partial charge in [-0.15, -0.1) is 46.7 Å². The summed E-state index contributed by atoms with van der Waals surface area (Å²) >= 11 is 2.56. The highest BCUT2D eigenvalue weighted by molar-refractivity contribution is 14.0. The summed E-state index contributed by atoms with van der Waals surface area (Å²) in [6, 6.07) is 0. The van der Waals surface area contributed by atoms with Gasteiger partial charge in [-0.2, -0.15) is 13.2 Å². The molecule has 12 heteroatoms. The van der Waals surface area contributed by atoms with E-state index in [1.165, 1.54) is 0 Å². The molecule has 0 bridgehead atoms. The molecular formula is C14H16F3IN6S2. The van der Waals surface area contributed by atoms with E-state index in [2.05, 4.69) is 25.6 Å². The predicted octanol–water partition coefficient (Wildman–Crippen LogP) is 3.40. The van der Waals surface area contributed by atoms with Crippen molar-refractivity contribution >= 4 is 57.6 Å². The Morgan fingerprint density at radius 2 is 2.08 bits per heavy atom. The Balaban J connectivity index is 0.00000243. The summed E-state index contributed by atoms with van der Waals surface area (Å²) in [6.07, 6.45) is -0.132. The van der Waals surface area contributed by atoms with Gasteiger partial charge in [-0.05, 0) is 0 Å². The fraction of sp³-hybridized carbons (Fsp3) is 0.357. The van der Waals surface area contributed by atoms with Crippen molar-refractivity contribution in [1.29, 1.82) is 0 Å². The van der Waals surface area contributed by atoms with E-state index < -0.39 is 11.9 Å². The van der Waals surface area contributed by atoms with Crippen molar-refractivity contribution in [2.24, 2.45) is 4.99 Å². The van der Waals surface area contributed by atoms with Gasteiger partial charge in [0.25, 0.3) is 0 Å². The Bertz CT molecular complexity index is 841. The number of aromatic nitrogens is 3. The monoisotopic (exact) mass is 516 g/mol. The maximum atomic E-state index is 12.5. The lowest BCUT2D eigenvalue weighted by molar-refractivity contribution is -0.140. The molecule has 3 aromatic rings. The molecule has 3 heterocycles. The van der Waals surface area contributed by atoms with E-state index in [0.717, 1.165) is 27.4 Å². The largest absolute Gasteiger partial charge is 0.434 e. The minimum Gasteiger partial charge on any atom is -0.356 e. The van der Waals surface area contributed by atoms with Gasteiger partial charge in [-0.1, -0.05) is 0 Å². The Labute approximate surface area is 172 Å². The smallest absolute Gasteiger partial charge is 0.356 e. The summed E-state index contributed by atoms with van der Waals surface area (Å²) in [5.41, 5.74) is 0.0410. The molecule has 3 aromatic heterocycles.